The zero-order valence-corrected chi connectivity index (χ0v) is 10.6. The molecule has 1 amide bonds. The van der Waals surface area contributed by atoms with E-state index >= 15 is 0 Å². The van der Waals surface area contributed by atoms with Crippen LogP contribution in [0.25, 0.3) is 0 Å². The highest BCUT2D eigenvalue weighted by Crippen LogP contribution is 2.03. The predicted octanol–water partition coefficient (Wildman–Crippen LogP) is 1.02. The summed E-state index contributed by atoms with van der Waals surface area (Å²) >= 11 is 0. The van der Waals surface area contributed by atoms with Crippen LogP contribution in [0.3, 0.4) is 0 Å². The molecule has 0 bridgehead atoms. The van der Waals surface area contributed by atoms with E-state index < -0.39 is 6.04 Å². The molecule has 0 saturated carbocycles. The van der Waals surface area contributed by atoms with E-state index in [9.17, 15) is 4.79 Å². The number of hydrogen-bond acceptors (Lipinski definition) is 3. The summed E-state index contributed by atoms with van der Waals surface area (Å²) in [5.41, 5.74) is 5.77. The van der Waals surface area contributed by atoms with Crippen LogP contribution in [0.5, 0.6) is 0 Å². The van der Waals surface area contributed by atoms with Crippen molar-refractivity contribution in [2.45, 2.75) is 26.3 Å². The first kappa shape index (κ1) is 15.1. The van der Waals surface area contributed by atoms with Gasteiger partial charge in [-0.25, -0.2) is 0 Å². The first-order valence-corrected chi connectivity index (χ1v) is 5.67. The number of nitrogens with two attached hydrogens (primary N) is 1. The average molecular weight is 228 g/mol. The van der Waals surface area contributed by atoms with Crippen LogP contribution in [0.4, 0.5) is 0 Å². The highest BCUT2D eigenvalue weighted by molar-refractivity contribution is 5.81. The third kappa shape index (κ3) is 5.88. The van der Waals surface area contributed by atoms with Crippen LogP contribution in [0, 0.1) is 5.92 Å². The van der Waals surface area contributed by atoms with Crippen molar-refractivity contribution >= 4 is 5.91 Å². The molecule has 1 unspecified atom stereocenters. The average Bonchev–Trinajstić information content (AvgIpc) is 2.23. The molecule has 0 aromatic rings. The molecule has 0 rings (SSSR count). The summed E-state index contributed by atoms with van der Waals surface area (Å²) in [5.74, 6) is 0.405. The molecule has 0 saturated heterocycles. The predicted molar refractivity (Wildman–Crippen MR) is 66.1 cm³/mol. The molecule has 2 N–H and O–H groups in total. The Balaban J connectivity index is 4.35. The minimum absolute atomic E-state index is 0.0225. The fraction of sp³-hybridized carbons (Fsp3) is 0.750. The van der Waals surface area contributed by atoms with Crippen LogP contribution in [0.15, 0.2) is 12.7 Å². The molecule has 94 valence electrons. The second kappa shape index (κ2) is 8.30. The molecule has 0 aromatic carbocycles. The van der Waals surface area contributed by atoms with Crippen LogP contribution in [-0.2, 0) is 9.53 Å². The van der Waals surface area contributed by atoms with Crippen molar-refractivity contribution in [2.24, 2.45) is 11.7 Å². The third-order valence-corrected chi connectivity index (χ3v) is 2.20. The van der Waals surface area contributed by atoms with Gasteiger partial charge in [0.2, 0.25) is 5.91 Å². The Morgan fingerprint density at radius 1 is 1.56 bits per heavy atom. The molecule has 16 heavy (non-hydrogen) atoms. The third-order valence-electron chi connectivity index (χ3n) is 2.20. The number of ether oxygens (including phenoxy) is 1. The fourth-order valence-electron chi connectivity index (χ4n) is 1.45. The van der Waals surface area contributed by atoms with Crippen molar-refractivity contribution in [1.29, 1.82) is 0 Å². The lowest BCUT2D eigenvalue weighted by molar-refractivity contribution is -0.133. The lowest BCUT2D eigenvalue weighted by atomic mass is 10.1. The normalized spacial score (nSPS) is 12.6. The number of nitrogens with zero attached hydrogens (tertiary/aromatic N) is 1. The van der Waals surface area contributed by atoms with Gasteiger partial charge in [-0.3, -0.25) is 4.79 Å². The van der Waals surface area contributed by atoms with Crippen LogP contribution in [0.1, 0.15) is 20.3 Å². The van der Waals surface area contributed by atoms with E-state index in [2.05, 4.69) is 20.4 Å². The van der Waals surface area contributed by atoms with Crippen LogP contribution < -0.4 is 5.73 Å². The molecule has 4 nitrogen and oxygen atoms in total. The number of carbonyl (C=O) groups excluding carboxylic acids is 1. The Hall–Kier alpha value is -0.870. The second-order valence-electron chi connectivity index (χ2n) is 4.30. The van der Waals surface area contributed by atoms with Gasteiger partial charge < -0.3 is 15.4 Å². The maximum Gasteiger partial charge on any atom is 0.239 e. The zero-order chi connectivity index (χ0) is 12.6. The lowest BCUT2D eigenvalue weighted by Gasteiger charge is -2.26. The van der Waals surface area contributed by atoms with E-state index in [1.54, 1.807) is 18.1 Å². The Labute approximate surface area is 98.4 Å². The summed E-state index contributed by atoms with van der Waals surface area (Å²) in [6, 6.07) is -0.479. The lowest BCUT2D eigenvalue weighted by Crippen LogP contribution is -2.46. The molecule has 0 aliphatic rings. The Morgan fingerprint density at radius 2 is 2.19 bits per heavy atom. The van der Waals surface area contributed by atoms with E-state index in [1.807, 2.05) is 0 Å². The van der Waals surface area contributed by atoms with E-state index in [0.29, 0.717) is 32.0 Å². The van der Waals surface area contributed by atoms with E-state index in [-0.39, 0.29) is 5.91 Å². The van der Waals surface area contributed by atoms with Gasteiger partial charge in [0.05, 0.1) is 12.6 Å². The quantitative estimate of drug-likeness (QED) is 0.631. The first-order chi connectivity index (χ1) is 7.52. The molecular formula is C12H24N2O2. The van der Waals surface area contributed by atoms with Gasteiger partial charge in [-0.2, -0.15) is 0 Å². The van der Waals surface area contributed by atoms with Crippen molar-refractivity contribution in [2.75, 3.05) is 26.8 Å². The molecule has 0 aromatic heterocycles. The Bertz CT molecular complexity index is 217. The number of carbonyl (C=O) groups is 1. The molecule has 0 aliphatic heterocycles. The maximum absolute atomic E-state index is 12.0. The van der Waals surface area contributed by atoms with Gasteiger partial charge in [-0.05, 0) is 12.3 Å². The summed E-state index contributed by atoms with van der Waals surface area (Å²) in [6.45, 7) is 9.59. The smallest absolute Gasteiger partial charge is 0.239 e. The molecule has 0 heterocycles. The van der Waals surface area contributed by atoms with Crippen molar-refractivity contribution in [3.8, 4) is 0 Å². The highest BCUT2D eigenvalue weighted by atomic mass is 16.5. The number of rotatable bonds is 8. The van der Waals surface area contributed by atoms with Crippen molar-refractivity contribution < 1.29 is 9.53 Å². The van der Waals surface area contributed by atoms with E-state index in [0.717, 1.165) is 0 Å². The van der Waals surface area contributed by atoms with Gasteiger partial charge in [-0.1, -0.05) is 19.9 Å². The van der Waals surface area contributed by atoms with Gasteiger partial charge in [0, 0.05) is 20.2 Å². The number of methoxy groups -OCH3 is 1. The van der Waals surface area contributed by atoms with E-state index in [1.165, 1.54) is 0 Å². The van der Waals surface area contributed by atoms with Crippen molar-refractivity contribution in [3.63, 3.8) is 0 Å². The molecular weight excluding hydrogens is 204 g/mol. The zero-order valence-electron chi connectivity index (χ0n) is 10.6. The molecule has 0 fully saturated rings. The van der Waals surface area contributed by atoms with Gasteiger partial charge in [-0.15, -0.1) is 6.58 Å². The van der Waals surface area contributed by atoms with Gasteiger partial charge in [0.15, 0.2) is 0 Å². The summed E-state index contributed by atoms with van der Waals surface area (Å²) in [6.07, 6.45) is 2.19. The van der Waals surface area contributed by atoms with Gasteiger partial charge in [0.25, 0.3) is 0 Å². The number of hydrogen-bond donors (Lipinski definition) is 1. The monoisotopic (exact) mass is 228 g/mol. The summed E-state index contributed by atoms with van der Waals surface area (Å²) < 4.78 is 4.99. The maximum atomic E-state index is 12.0. The molecule has 0 aliphatic carbocycles. The van der Waals surface area contributed by atoms with E-state index in [4.69, 9.17) is 10.5 Å². The minimum atomic E-state index is -0.479. The highest BCUT2D eigenvalue weighted by Gasteiger charge is 2.20. The molecule has 4 heteroatoms. The van der Waals surface area contributed by atoms with Crippen LogP contribution >= 0.6 is 0 Å². The van der Waals surface area contributed by atoms with Crippen molar-refractivity contribution in [3.05, 3.63) is 12.7 Å². The topological polar surface area (TPSA) is 55.6 Å². The molecule has 1 atom stereocenters. The summed E-state index contributed by atoms with van der Waals surface area (Å²) in [5, 5.41) is 0. The summed E-state index contributed by atoms with van der Waals surface area (Å²) in [4.78, 5) is 13.7. The molecule has 0 radical (unpaired) electrons. The van der Waals surface area contributed by atoms with Crippen LogP contribution in [0.2, 0.25) is 0 Å². The minimum Gasteiger partial charge on any atom is -0.383 e. The first-order valence-electron chi connectivity index (χ1n) is 5.67. The van der Waals surface area contributed by atoms with Gasteiger partial charge >= 0.3 is 0 Å². The fourth-order valence-corrected chi connectivity index (χ4v) is 1.45. The van der Waals surface area contributed by atoms with Crippen molar-refractivity contribution in [1.82, 2.24) is 4.90 Å². The standard InChI is InChI=1S/C12H24N2O2/c1-5-6-11(13)12(15)14(7-8-16-4)9-10(2)3/h5,10-11H,1,6-9,13H2,2-4H3. The second-order valence-corrected chi connectivity index (χ2v) is 4.30. The SMILES string of the molecule is C=CCC(N)C(=O)N(CCOC)CC(C)C. The largest absolute Gasteiger partial charge is 0.383 e. The number of amides is 1. The Morgan fingerprint density at radius 3 is 2.62 bits per heavy atom. The van der Waals surface area contributed by atoms with Gasteiger partial charge in [0.1, 0.15) is 0 Å². The van der Waals surface area contributed by atoms with Crippen LogP contribution in [-0.4, -0.2) is 43.7 Å². The molecule has 0 spiro atoms. The summed E-state index contributed by atoms with van der Waals surface area (Å²) in [7, 11) is 1.63. The Kier molecular flexibility index (Phi) is 7.85.